The van der Waals surface area contributed by atoms with Gasteiger partial charge in [-0.1, -0.05) is 0 Å². The van der Waals surface area contributed by atoms with Crippen LogP contribution in [0.25, 0.3) is 0 Å². The highest BCUT2D eigenvalue weighted by molar-refractivity contribution is 6.06. The summed E-state index contributed by atoms with van der Waals surface area (Å²) in [4.78, 5) is 23.9. The minimum atomic E-state index is -0.490. The third-order valence-electron chi connectivity index (χ3n) is 3.26. The van der Waals surface area contributed by atoms with Crippen molar-refractivity contribution in [1.29, 1.82) is 0 Å². The third kappa shape index (κ3) is 4.07. The molecule has 1 aromatic heterocycles. The number of methoxy groups -OCH3 is 2. The van der Waals surface area contributed by atoms with E-state index in [-0.39, 0.29) is 17.7 Å². The van der Waals surface area contributed by atoms with Crippen LogP contribution in [0, 0.1) is 0 Å². The second-order valence-electron chi connectivity index (χ2n) is 4.76. The van der Waals surface area contributed by atoms with Crippen LogP contribution in [0.2, 0.25) is 0 Å². The molecule has 24 heavy (non-hydrogen) atoms. The molecule has 1 aromatic carbocycles. The first-order chi connectivity index (χ1) is 11.6. The van der Waals surface area contributed by atoms with Gasteiger partial charge in [-0.25, -0.2) is 0 Å². The van der Waals surface area contributed by atoms with Gasteiger partial charge in [-0.3, -0.25) is 9.59 Å². The lowest BCUT2D eigenvalue weighted by Gasteiger charge is -2.13. The van der Waals surface area contributed by atoms with Crippen LogP contribution in [0.1, 0.15) is 23.0 Å². The van der Waals surface area contributed by atoms with Crippen molar-refractivity contribution >= 4 is 17.6 Å². The van der Waals surface area contributed by atoms with Gasteiger partial charge in [0.2, 0.25) is 0 Å². The van der Waals surface area contributed by atoms with Gasteiger partial charge >= 0.3 is 5.97 Å². The molecular formula is C17H19NO6. The molecule has 7 heteroatoms. The Labute approximate surface area is 139 Å². The molecule has 1 amide bonds. The number of rotatable bonds is 7. The van der Waals surface area contributed by atoms with E-state index in [1.165, 1.54) is 26.5 Å². The van der Waals surface area contributed by atoms with Gasteiger partial charge in [-0.05, 0) is 25.1 Å². The zero-order valence-electron chi connectivity index (χ0n) is 13.8. The van der Waals surface area contributed by atoms with Gasteiger partial charge in [-0.15, -0.1) is 0 Å². The van der Waals surface area contributed by atoms with Crippen molar-refractivity contribution in [2.75, 3.05) is 26.1 Å². The lowest BCUT2D eigenvalue weighted by Crippen LogP contribution is -2.15. The molecule has 2 rings (SSSR count). The van der Waals surface area contributed by atoms with E-state index in [0.29, 0.717) is 23.8 Å². The van der Waals surface area contributed by atoms with Crippen molar-refractivity contribution in [2.45, 2.75) is 13.3 Å². The maximum absolute atomic E-state index is 12.5. The summed E-state index contributed by atoms with van der Waals surface area (Å²) in [6.45, 7) is 2.30. The van der Waals surface area contributed by atoms with Crippen LogP contribution in [-0.2, 0) is 16.0 Å². The van der Waals surface area contributed by atoms with Crippen molar-refractivity contribution in [3.8, 4) is 11.5 Å². The van der Waals surface area contributed by atoms with Crippen LogP contribution in [0.15, 0.2) is 34.9 Å². The van der Waals surface area contributed by atoms with E-state index >= 15 is 0 Å². The zero-order chi connectivity index (χ0) is 17.5. The molecule has 128 valence electrons. The van der Waals surface area contributed by atoms with Gasteiger partial charge in [0, 0.05) is 6.07 Å². The van der Waals surface area contributed by atoms with Gasteiger partial charge in [-0.2, -0.15) is 0 Å². The van der Waals surface area contributed by atoms with Crippen molar-refractivity contribution in [3.05, 3.63) is 41.9 Å². The summed E-state index contributed by atoms with van der Waals surface area (Å²) in [5, 5.41) is 2.75. The average Bonchev–Trinajstić information content (AvgIpc) is 3.04. The van der Waals surface area contributed by atoms with E-state index < -0.39 is 11.9 Å². The topological polar surface area (TPSA) is 87.0 Å². The van der Waals surface area contributed by atoms with E-state index in [1.807, 2.05) is 6.92 Å². The molecule has 0 fully saturated rings. The fourth-order valence-corrected chi connectivity index (χ4v) is 2.09. The molecule has 0 radical (unpaired) electrons. The summed E-state index contributed by atoms with van der Waals surface area (Å²) in [7, 11) is 2.81. The third-order valence-corrected chi connectivity index (χ3v) is 3.26. The Bertz CT molecular complexity index is 722. The summed E-state index contributed by atoms with van der Waals surface area (Å²) in [6.07, 6.45) is 1.23. The highest BCUT2D eigenvalue weighted by Gasteiger charge is 2.19. The number of carbonyl (C=O) groups excluding carboxylic acids is 2. The number of carbonyl (C=O) groups is 2. The first-order valence-corrected chi connectivity index (χ1v) is 7.34. The Kier molecular flexibility index (Phi) is 5.83. The number of esters is 1. The Balaban J connectivity index is 2.23. The van der Waals surface area contributed by atoms with E-state index in [1.54, 1.807) is 18.2 Å². The Morgan fingerprint density at radius 2 is 2.00 bits per heavy atom. The molecule has 2 aromatic rings. The molecule has 1 heterocycles. The van der Waals surface area contributed by atoms with Crippen LogP contribution in [0.4, 0.5) is 5.69 Å². The summed E-state index contributed by atoms with van der Waals surface area (Å²) >= 11 is 0. The first kappa shape index (κ1) is 17.4. The Morgan fingerprint density at radius 3 is 2.67 bits per heavy atom. The van der Waals surface area contributed by atoms with E-state index in [4.69, 9.17) is 13.9 Å². The number of amides is 1. The van der Waals surface area contributed by atoms with Gasteiger partial charge in [0.05, 0.1) is 38.3 Å². The number of nitrogens with one attached hydrogen (secondary N) is 1. The predicted octanol–water partition coefficient (Wildman–Crippen LogP) is 2.65. The van der Waals surface area contributed by atoms with Gasteiger partial charge in [0.25, 0.3) is 5.91 Å². The smallest absolute Gasteiger partial charge is 0.313 e. The molecular weight excluding hydrogens is 314 g/mol. The molecule has 0 saturated heterocycles. The van der Waals surface area contributed by atoms with Crippen LogP contribution >= 0.6 is 0 Å². The van der Waals surface area contributed by atoms with Crippen LogP contribution in [0.3, 0.4) is 0 Å². The van der Waals surface area contributed by atoms with E-state index in [9.17, 15) is 9.59 Å². The van der Waals surface area contributed by atoms with Crippen LogP contribution < -0.4 is 14.8 Å². The Hall–Kier alpha value is -2.96. The molecule has 0 unspecified atom stereocenters. The average molecular weight is 333 g/mol. The number of hydrogen-bond acceptors (Lipinski definition) is 6. The normalized spacial score (nSPS) is 10.1. The number of furan rings is 1. The lowest BCUT2D eigenvalue weighted by atomic mass is 10.2. The molecule has 0 saturated carbocycles. The quantitative estimate of drug-likeness (QED) is 0.784. The molecule has 0 aliphatic heterocycles. The maximum atomic E-state index is 12.5. The molecule has 0 atom stereocenters. The number of hydrogen-bond donors (Lipinski definition) is 1. The SMILES string of the molecule is CCOc1ccc(OC)cc1NC(=O)c1ccoc1CC(=O)OC. The monoisotopic (exact) mass is 333 g/mol. The van der Waals surface area contributed by atoms with Crippen LogP contribution in [0.5, 0.6) is 11.5 Å². The van der Waals surface area contributed by atoms with Crippen molar-refractivity contribution in [1.82, 2.24) is 0 Å². The molecule has 0 aliphatic carbocycles. The van der Waals surface area contributed by atoms with E-state index in [0.717, 1.165) is 0 Å². The lowest BCUT2D eigenvalue weighted by molar-refractivity contribution is -0.140. The summed E-state index contributed by atoms with van der Waals surface area (Å²) < 4.78 is 20.5. The summed E-state index contributed by atoms with van der Waals surface area (Å²) in [5.74, 6) is 0.424. The highest BCUT2D eigenvalue weighted by Crippen LogP contribution is 2.30. The predicted molar refractivity (Wildman–Crippen MR) is 86.5 cm³/mol. The standard InChI is InChI=1S/C17H19NO6/c1-4-23-14-6-5-11(21-2)9-13(14)18-17(20)12-7-8-24-15(12)10-16(19)22-3/h5-9H,4,10H2,1-3H3,(H,18,20). The largest absolute Gasteiger partial charge is 0.497 e. The fraction of sp³-hybridized carbons (Fsp3) is 0.294. The first-order valence-electron chi connectivity index (χ1n) is 7.34. The van der Waals surface area contributed by atoms with Crippen LogP contribution in [-0.4, -0.2) is 32.7 Å². The van der Waals surface area contributed by atoms with Crippen molar-refractivity contribution in [2.24, 2.45) is 0 Å². The molecule has 0 aliphatic rings. The number of ether oxygens (including phenoxy) is 3. The number of anilines is 1. The Morgan fingerprint density at radius 1 is 1.21 bits per heavy atom. The molecule has 1 N–H and O–H groups in total. The highest BCUT2D eigenvalue weighted by atomic mass is 16.5. The fourth-order valence-electron chi connectivity index (χ4n) is 2.09. The molecule has 0 spiro atoms. The zero-order valence-corrected chi connectivity index (χ0v) is 13.8. The van der Waals surface area contributed by atoms with Crippen molar-refractivity contribution < 1.29 is 28.2 Å². The molecule has 0 bridgehead atoms. The van der Waals surface area contributed by atoms with Gasteiger partial charge in [0.15, 0.2) is 0 Å². The minimum Gasteiger partial charge on any atom is -0.497 e. The van der Waals surface area contributed by atoms with E-state index in [2.05, 4.69) is 10.1 Å². The second kappa shape index (κ2) is 8.05. The summed E-state index contributed by atoms with van der Waals surface area (Å²) in [5.41, 5.74) is 0.720. The molecule has 7 nitrogen and oxygen atoms in total. The number of benzene rings is 1. The second-order valence-corrected chi connectivity index (χ2v) is 4.76. The van der Waals surface area contributed by atoms with Gasteiger partial charge < -0.3 is 23.9 Å². The maximum Gasteiger partial charge on any atom is 0.313 e. The van der Waals surface area contributed by atoms with Gasteiger partial charge in [0.1, 0.15) is 23.7 Å². The summed E-state index contributed by atoms with van der Waals surface area (Å²) in [6, 6.07) is 6.60. The minimum absolute atomic E-state index is 0.122. The van der Waals surface area contributed by atoms with Crippen molar-refractivity contribution in [3.63, 3.8) is 0 Å².